The zero-order valence-electron chi connectivity index (χ0n) is 17.7. The fraction of sp³-hybridized carbons (Fsp3) is 0.0952. The second kappa shape index (κ2) is 10.4. The maximum Gasteiger partial charge on any atom is 0.284 e. The van der Waals surface area contributed by atoms with Gasteiger partial charge in [0.25, 0.3) is 11.6 Å². The van der Waals surface area contributed by atoms with Gasteiger partial charge in [-0.25, -0.2) is 5.43 Å². The molecular formula is C21H17N7O5S. The van der Waals surface area contributed by atoms with E-state index in [1.807, 2.05) is 30.3 Å². The smallest absolute Gasteiger partial charge is 0.284 e. The van der Waals surface area contributed by atoms with Gasteiger partial charge >= 0.3 is 0 Å². The molecule has 0 saturated heterocycles. The van der Waals surface area contributed by atoms with Crippen molar-refractivity contribution in [2.45, 2.75) is 5.16 Å². The number of aromatic nitrogens is 4. The molecule has 0 spiro atoms. The Morgan fingerprint density at radius 2 is 2.09 bits per heavy atom. The van der Waals surface area contributed by atoms with Crippen molar-refractivity contribution in [2.75, 3.05) is 12.9 Å². The van der Waals surface area contributed by atoms with Crippen molar-refractivity contribution in [3.63, 3.8) is 0 Å². The number of para-hydroxylation sites is 1. The summed E-state index contributed by atoms with van der Waals surface area (Å²) in [6.45, 7) is 0. The molecule has 0 fully saturated rings. The number of thioether (sulfide) groups is 1. The van der Waals surface area contributed by atoms with Gasteiger partial charge in [-0.2, -0.15) is 9.78 Å². The van der Waals surface area contributed by atoms with Gasteiger partial charge in [0.15, 0.2) is 0 Å². The third-order valence-electron chi connectivity index (χ3n) is 4.45. The third-order valence-corrected chi connectivity index (χ3v) is 5.37. The Kier molecular flexibility index (Phi) is 6.93. The Hall–Kier alpha value is -4.52. The number of hydrogen-bond donors (Lipinski definition) is 1. The molecule has 2 aromatic heterocycles. The monoisotopic (exact) mass is 479 g/mol. The number of tetrazole rings is 1. The average Bonchev–Trinajstić information content (AvgIpc) is 3.52. The first-order valence-corrected chi connectivity index (χ1v) is 10.7. The lowest BCUT2D eigenvalue weighted by Crippen LogP contribution is -2.19. The normalized spacial score (nSPS) is 11.0. The van der Waals surface area contributed by atoms with Crippen LogP contribution in [0.15, 0.2) is 75.3 Å². The summed E-state index contributed by atoms with van der Waals surface area (Å²) >= 11 is 1.15. The van der Waals surface area contributed by atoms with E-state index in [2.05, 4.69) is 26.1 Å². The van der Waals surface area contributed by atoms with Crippen molar-refractivity contribution >= 4 is 29.6 Å². The van der Waals surface area contributed by atoms with Crippen LogP contribution in [0.1, 0.15) is 5.76 Å². The first kappa shape index (κ1) is 22.7. The predicted octanol–water partition coefficient (Wildman–Crippen LogP) is 3.08. The van der Waals surface area contributed by atoms with Crippen molar-refractivity contribution in [1.29, 1.82) is 0 Å². The summed E-state index contributed by atoms with van der Waals surface area (Å²) in [6.07, 6.45) is 1.30. The van der Waals surface area contributed by atoms with E-state index in [9.17, 15) is 14.9 Å². The highest BCUT2D eigenvalue weighted by molar-refractivity contribution is 7.99. The number of nitrogens with one attached hydrogen (secondary N) is 1. The zero-order chi connectivity index (χ0) is 23.9. The van der Waals surface area contributed by atoms with Gasteiger partial charge in [-0.3, -0.25) is 14.9 Å². The Labute approximate surface area is 196 Å². The summed E-state index contributed by atoms with van der Waals surface area (Å²) in [5.41, 5.74) is 3.31. The van der Waals surface area contributed by atoms with Gasteiger partial charge in [0.2, 0.25) is 5.16 Å². The van der Waals surface area contributed by atoms with Gasteiger partial charge in [-0.1, -0.05) is 30.0 Å². The number of hydrogen-bond acceptors (Lipinski definition) is 10. The number of amides is 1. The molecule has 0 aliphatic heterocycles. The van der Waals surface area contributed by atoms with Crippen molar-refractivity contribution in [2.24, 2.45) is 5.10 Å². The highest BCUT2D eigenvalue weighted by Crippen LogP contribution is 2.33. The van der Waals surface area contributed by atoms with Gasteiger partial charge in [-0.05, 0) is 46.8 Å². The molecule has 1 N–H and O–H groups in total. The van der Waals surface area contributed by atoms with E-state index in [0.717, 1.165) is 17.4 Å². The van der Waals surface area contributed by atoms with E-state index in [0.29, 0.717) is 22.2 Å². The van der Waals surface area contributed by atoms with E-state index >= 15 is 0 Å². The average molecular weight is 479 g/mol. The van der Waals surface area contributed by atoms with Gasteiger partial charge in [-0.15, -0.1) is 5.10 Å². The SMILES string of the molecule is COc1ccc(-c2ccc(/C=N/NC(=O)CSc3nnnn3-c3ccccc3)o2)c([N+](=O)[O-])c1. The molecule has 12 nitrogen and oxygen atoms in total. The number of nitro groups is 1. The van der Waals surface area contributed by atoms with E-state index < -0.39 is 4.92 Å². The molecular weight excluding hydrogens is 462 g/mol. The molecule has 4 rings (SSSR count). The van der Waals surface area contributed by atoms with Crippen LogP contribution in [0, 0.1) is 10.1 Å². The van der Waals surface area contributed by atoms with Gasteiger partial charge < -0.3 is 9.15 Å². The number of benzene rings is 2. The van der Waals surface area contributed by atoms with Crippen LogP contribution in [-0.2, 0) is 4.79 Å². The van der Waals surface area contributed by atoms with Crippen molar-refractivity contribution in [3.05, 3.63) is 76.5 Å². The van der Waals surface area contributed by atoms with Crippen LogP contribution < -0.4 is 10.2 Å². The minimum absolute atomic E-state index is 0.0337. The molecule has 0 aliphatic rings. The lowest BCUT2D eigenvalue weighted by Gasteiger charge is -2.03. The Morgan fingerprint density at radius 1 is 1.26 bits per heavy atom. The molecule has 0 unspecified atom stereocenters. The maximum atomic E-state index is 12.1. The third kappa shape index (κ3) is 5.27. The number of ether oxygens (including phenoxy) is 1. The van der Waals surface area contributed by atoms with E-state index in [1.165, 1.54) is 24.1 Å². The van der Waals surface area contributed by atoms with Crippen LogP contribution >= 0.6 is 11.8 Å². The van der Waals surface area contributed by atoms with Crippen molar-refractivity contribution < 1.29 is 18.9 Å². The second-order valence-electron chi connectivity index (χ2n) is 6.63. The number of carbonyl (C=O) groups excluding carboxylic acids is 1. The van der Waals surface area contributed by atoms with Gasteiger partial charge in [0, 0.05) is 0 Å². The number of methoxy groups -OCH3 is 1. The van der Waals surface area contributed by atoms with Crippen molar-refractivity contribution in [1.82, 2.24) is 25.6 Å². The van der Waals surface area contributed by atoms with E-state index in [-0.39, 0.29) is 23.1 Å². The molecule has 1 amide bonds. The second-order valence-corrected chi connectivity index (χ2v) is 7.58. The topological polar surface area (TPSA) is 151 Å². The van der Waals surface area contributed by atoms with Crippen LogP contribution in [0.3, 0.4) is 0 Å². The molecule has 0 radical (unpaired) electrons. The molecule has 0 atom stereocenters. The number of nitro benzene ring substituents is 1. The number of hydrazone groups is 1. The fourth-order valence-electron chi connectivity index (χ4n) is 2.90. The Morgan fingerprint density at radius 3 is 2.85 bits per heavy atom. The van der Waals surface area contributed by atoms with Crippen LogP contribution in [0.5, 0.6) is 5.75 Å². The standard InChI is InChI=1S/C21H17N7O5S/c1-32-15-7-9-17(18(11-15)28(30)31)19-10-8-16(33-19)12-22-23-20(29)13-34-21-24-25-26-27(21)14-5-3-2-4-6-14/h2-12H,13H2,1H3,(H,23,29)/b22-12+. The van der Waals surface area contributed by atoms with Gasteiger partial charge in [0.1, 0.15) is 17.3 Å². The minimum Gasteiger partial charge on any atom is -0.497 e. The molecule has 4 aromatic rings. The first-order chi connectivity index (χ1) is 16.5. The number of nitrogens with zero attached hydrogens (tertiary/aromatic N) is 6. The van der Waals surface area contributed by atoms with Gasteiger partial charge in [0.05, 0.1) is 41.3 Å². The largest absolute Gasteiger partial charge is 0.497 e. The summed E-state index contributed by atoms with van der Waals surface area (Å²) in [5, 5.41) is 27.2. The quantitative estimate of drug-likeness (QED) is 0.165. The van der Waals surface area contributed by atoms with Crippen LogP contribution in [0.4, 0.5) is 5.69 Å². The van der Waals surface area contributed by atoms with Crippen LogP contribution in [-0.4, -0.2) is 50.1 Å². The van der Waals surface area contributed by atoms with Crippen LogP contribution in [0.2, 0.25) is 0 Å². The minimum atomic E-state index is -0.514. The first-order valence-electron chi connectivity index (χ1n) is 9.76. The summed E-state index contributed by atoms with van der Waals surface area (Å²) in [5.74, 6) is 0.613. The molecule has 0 bridgehead atoms. The summed E-state index contributed by atoms with van der Waals surface area (Å²) < 4.78 is 12.2. The molecule has 172 valence electrons. The molecule has 0 aliphatic carbocycles. The number of furan rings is 1. The molecule has 0 saturated carbocycles. The predicted molar refractivity (Wildman–Crippen MR) is 123 cm³/mol. The van der Waals surface area contributed by atoms with Crippen molar-refractivity contribution in [3.8, 4) is 22.8 Å². The van der Waals surface area contributed by atoms with E-state index in [4.69, 9.17) is 9.15 Å². The Balaban J connectivity index is 1.35. The highest BCUT2D eigenvalue weighted by Gasteiger charge is 2.19. The van der Waals surface area contributed by atoms with E-state index in [1.54, 1.807) is 24.3 Å². The lowest BCUT2D eigenvalue weighted by molar-refractivity contribution is -0.384. The molecule has 2 aromatic carbocycles. The number of rotatable bonds is 9. The molecule has 2 heterocycles. The number of carbonyl (C=O) groups is 1. The summed E-state index contributed by atoms with van der Waals surface area (Å²) in [7, 11) is 1.43. The Bertz CT molecular complexity index is 1340. The fourth-order valence-corrected chi connectivity index (χ4v) is 3.58. The maximum absolute atomic E-state index is 12.1. The molecule has 13 heteroatoms. The van der Waals surface area contributed by atoms with Crippen LogP contribution in [0.25, 0.3) is 17.0 Å². The highest BCUT2D eigenvalue weighted by atomic mass is 32.2. The summed E-state index contributed by atoms with van der Waals surface area (Å²) in [6, 6.07) is 16.9. The summed E-state index contributed by atoms with van der Waals surface area (Å²) in [4.78, 5) is 23.0. The molecule has 34 heavy (non-hydrogen) atoms. The zero-order valence-corrected chi connectivity index (χ0v) is 18.5. The lowest BCUT2D eigenvalue weighted by atomic mass is 10.1.